The number of nitrogens with zero attached hydrogens (tertiary/aromatic N) is 2. The molecule has 1 saturated carbocycles. The fourth-order valence-corrected chi connectivity index (χ4v) is 2.58. The van der Waals surface area contributed by atoms with Crippen LogP contribution in [0.1, 0.15) is 25.3 Å². The molecule has 28 heavy (non-hydrogen) atoms. The van der Waals surface area contributed by atoms with Crippen LogP contribution in [0, 0.1) is 5.92 Å². The van der Waals surface area contributed by atoms with Crippen molar-refractivity contribution in [2.75, 3.05) is 25.0 Å². The number of rotatable bonds is 9. The maximum absolute atomic E-state index is 12.1. The Morgan fingerprint density at radius 1 is 1.21 bits per heavy atom. The summed E-state index contributed by atoms with van der Waals surface area (Å²) in [4.78, 5) is 20.7. The van der Waals surface area contributed by atoms with Gasteiger partial charge in [-0.1, -0.05) is 18.2 Å². The molecule has 1 fully saturated rings. The van der Waals surface area contributed by atoms with Gasteiger partial charge in [0.2, 0.25) is 5.91 Å². The van der Waals surface area contributed by atoms with Crippen LogP contribution in [-0.4, -0.2) is 36.5 Å². The van der Waals surface area contributed by atoms with Crippen molar-refractivity contribution < 1.29 is 9.53 Å². The number of nitrogens with one attached hydrogen (secondary N) is 3. The van der Waals surface area contributed by atoms with Crippen molar-refractivity contribution >= 4 is 17.6 Å². The molecular weight excluding hydrogens is 354 g/mol. The number of benzene rings is 1. The van der Waals surface area contributed by atoms with Crippen LogP contribution >= 0.6 is 0 Å². The molecule has 0 unspecified atom stereocenters. The summed E-state index contributed by atoms with van der Waals surface area (Å²) in [5.41, 5.74) is 1.69. The third kappa shape index (κ3) is 6.57. The molecule has 2 aromatic rings. The average Bonchev–Trinajstić information content (AvgIpc) is 3.54. The van der Waals surface area contributed by atoms with Crippen molar-refractivity contribution in [2.24, 2.45) is 10.9 Å². The molecule has 0 spiro atoms. The number of carbonyl (C=O) groups is 1. The molecule has 1 aromatic carbocycles. The molecule has 1 amide bonds. The normalized spacial score (nSPS) is 13.7. The fourth-order valence-electron chi connectivity index (χ4n) is 2.58. The summed E-state index contributed by atoms with van der Waals surface area (Å²) in [6.45, 7) is 4.05. The van der Waals surface area contributed by atoms with Crippen molar-refractivity contribution in [1.29, 1.82) is 0 Å². The lowest BCUT2D eigenvalue weighted by Crippen LogP contribution is -2.41. The van der Waals surface area contributed by atoms with Gasteiger partial charge in [0.05, 0.1) is 31.6 Å². The zero-order valence-electron chi connectivity index (χ0n) is 16.1. The van der Waals surface area contributed by atoms with E-state index >= 15 is 0 Å². The van der Waals surface area contributed by atoms with Crippen LogP contribution in [0.4, 0.5) is 5.69 Å². The Hall–Kier alpha value is -3.09. The summed E-state index contributed by atoms with van der Waals surface area (Å²) < 4.78 is 5.94. The van der Waals surface area contributed by atoms with Crippen LogP contribution in [0.5, 0.6) is 5.75 Å². The predicted molar refractivity (Wildman–Crippen MR) is 110 cm³/mol. The summed E-state index contributed by atoms with van der Waals surface area (Å²) in [6.07, 6.45) is 5.79. The van der Waals surface area contributed by atoms with Gasteiger partial charge in [-0.3, -0.25) is 9.78 Å². The van der Waals surface area contributed by atoms with Gasteiger partial charge in [0, 0.05) is 18.3 Å². The summed E-state index contributed by atoms with van der Waals surface area (Å²) in [5.74, 6) is 2.00. The smallest absolute Gasteiger partial charge is 0.243 e. The largest absolute Gasteiger partial charge is 0.493 e. The average molecular weight is 381 g/mol. The van der Waals surface area contributed by atoms with Crippen molar-refractivity contribution in [2.45, 2.75) is 26.3 Å². The van der Waals surface area contributed by atoms with Gasteiger partial charge < -0.3 is 20.7 Å². The van der Waals surface area contributed by atoms with Crippen molar-refractivity contribution in [3.63, 3.8) is 0 Å². The Bertz CT molecular complexity index is 790. The first kappa shape index (κ1) is 19.7. The third-order valence-corrected chi connectivity index (χ3v) is 4.26. The van der Waals surface area contributed by atoms with Gasteiger partial charge in [-0.15, -0.1) is 0 Å². The molecule has 1 aromatic heterocycles. The number of hydrogen-bond donors (Lipinski definition) is 3. The van der Waals surface area contributed by atoms with Gasteiger partial charge >= 0.3 is 0 Å². The maximum atomic E-state index is 12.1. The topological polar surface area (TPSA) is 87.6 Å². The first-order valence-corrected chi connectivity index (χ1v) is 9.67. The highest BCUT2D eigenvalue weighted by molar-refractivity contribution is 5.94. The highest BCUT2D eigenvalue weighted by Gasteiger charge is 2.22. The molecule has 7 nitrogen and oxygen atoms in total. The molecule has 3 rings (SSSR count). The number of carbonyl (C=O) groups excluding carboxylic acids is 1. The first-order chi connectivity index (χ1) is 13.7. The van der Waals surface area contributed by atoms with Crippen molar-refractivity contribution in [1.82, 2.24) is 15.6 Å². The third-order valence-electron chi connectivity index (χ3n) is 4.26. The lowest BCUT2D eigenvalue weighted by molar-refractivity contribution is -0.115. The van der Waals surface area contributed by atoms with Crippen molar-refractivity contribution in [3.05, 3.63) is 54.4 Å². The van der Waals surface area contributed by atoms with Crippen LogP contribution < -0.4 is 20.7 Å². The summed E-state index contributed by atoms with van der Waals surface area (Å²) in [5, 5.41) is 9.00. The quantitative estimate of drug-likeness (QED) is 0.459. The number of ether oxygens (including phenoxy) is 1. The lowest BCUT2D eigenvalue weighted by Gasteiger charge is -2.13. The molecule has 1 aliphatic carbocycles. The van der Waals surface area contributed by atoms with E-state index in [9.17, 15) is 4.79 Å². The number of aromatic nitrogens is 1. The Kier molecular flexibility index (Phi) is 7.23. The number of para-hydroxylation sites is 1. The van der Waals surface area contributed by atoms with E-state index in [-0.39, 0.29) is 12.5 Å². The van der Waals surface area contributed by atoms with E-state index in [1.54, 1.807) is 24.5 Å². The second kappa shape index (κ2) is 10.3. The van der Waals surface area contributed by atoms with Gasteiger partial charge in [-0.25, -0.2) is 4.99 Å². The second-order valence-corrected chi connectivity index (χ2v) is 6.70. The van der Waals surface area contributed by atoms with Gasteiger partial charge in [-0.05, 0) is 43.9 Å². The minimum atomic E-state index is -0.160. The van der Waals surface area contributed by atoms with Crippen LogP contribution in [0.15, 0.2) is 53.8 Å². The molecule has 1 aliphatic rings. The maximum Gasteiger partial charge on any atom is 0.243 e. The number of hydrogen-bond acceptors (Lipinski definition) is 4. The molecular formula is C21H27N5O2. The molecule has 0 saturated heterocycles. The fraction of sp³-hybridized carbons (Fsp3) is 0.381. The van der Waals surface area contributed by atoms with E-state index in [1.807, 2.05) is 31.2 Å². The zero-order chi connectivity index (χ0) is 19.6. The Balaban J connectivity index is 1.54. The summed E-state index contributed by atoms with van der Waals surface area (Å²) in [6, 6.07) is 11.5. The molecule has 0 radical (unpaired) electrons. The van der Waals surface area contributed by atoms with Gasteiger partial charge in [0.25, 0.3) is 0 Å². The number of pyridine rings is 1. The number of aliphatic imine (C=N–C) groups is 1. The number of amides is 1. The highest BCUT2D eigenvalue weighted by atomic mass is 16.5. The van der Waals surface area contributed by atoms with Crippen LogP contribution in [0.3, 0.4) is 0 Å². The van der Waals surface area contributed by atoms with Gasteiger partial charge in [0.1, 0.15) is 5.75 Å². The molecule has 1 heterocycles. The van der Waals surface area contributed by atoms with Gasteiger partial charge in [-0.2, -0.15) is 0 Å². The van der Waals surface area contributed by atoms with Gasteiger partial charge in [0.15, 0.2) is 5.96 Å². The SMILES string of the molecule is CCNC(=NCc1ccccc1OCC1CC1)NCC(=O)Nc1cccnc1. The Labute approximate surface area is 165 Å². The standard InChI is InChI=1S/C21H27N5O2/c1-2-23-21(25-14-20(27)26-18-7-5-11-22-13-18)24-12-17-6-3-4-8-19(17)28-15-16-9-10-16/h3-8,11,13,16H,2,9-10,12,14-15H2,1H3,(H,26,27)(H2,23,24,25). The molecule has 7 heteroatoms. The summed E-state index contributed by atoms with van der Waals surface area (Å²) >= 11 is 0. The Morgan fingerprint density at radius 2 is 2.07 bits per heavy atom. The van der Waals surface area contributed by atoms with E-state index in [2.05, 4.69) is 25.9 Å². The van der Waals surface area contributed by atoms with E-state index in [4.69, 9.17) is 4.74 Å². The van der Waals surface area contributed by atoms with E-state index in [0.717, 1.165) is 17.9 Å². The highest BCUT2D eigenvalue weighted by Crippen LogP contribution is 2.30. The molecule has 0 aliphatic heterocycles. The summed E-state index contributed by atoms with van der Waals surface area (Å²) in [7, 11) is 0. The lowest BCUT2D eigenvalue weighted by atomic mass is 10.2. The minimum absolute atomic E-state index is 0.112. The first-order valence-electron chi connectivity index (χ1n) is 9.67. The minimum Gasteiger partial charge on any atom is -0.493 e. The van der Waals surface area contributed by atoms with Crippen molar-refractivity contribution in [3.8, 4) is 5.75 Å². The van der Waals surface area contributed by atoms with E-state index < -0.39 is 0 Å². The molecule has 148 valence electrons. The number of anilines is 1. The van der Waals surface area contributed by atoms with Crippen LogP contribution in [0.25, 0.3) is 0 Å². The van der Waals surface area contributed by atoms with Crippen LogP contribution in [-0.2, 0) is 11.3 Å². The zero-order valence-corrected chi connectivity index (χ0v) is 16.1. The van der Waals surface area contributed by atoms with E-state index in [0.29, 0.717) is 30.7 Å². The number of guanidine groups is 1. The molecule has 0 bridgehead atoms. The van der Waals surface area contributed by atoms with Crippen LogP contribution in [0.2, 0.25) is 0 Å². The van der Waals surface area contributed by atoms with E-state index in [1.165, 1.54) is 12.8 Å². The second-order valence-electron chi connectivity index (χ2n) is 6.70. The monoisotopic (exact) mass is 381 g/mol. The molecule has 0 atom stereocenters. The Morgan fingerprint density at radius 3 is 2.82 bits per heavy atom. The predicted octanol–water partition coefficient (Wildman–Crippen LogP) is 2.56. The molecule has 3 N–H and O–H groups in total.